The van der Waals surface area contributed by atoms with Crippen LogP contribution in [0.2, 0.25) is 0 Å². The molecule has 0 atom stereocenters. The Morgan fingerprint density at radius 2 is 1.82 bits per heavy atom. The third-order valence-electron chi connectivity index (χ3n) is 2.87. The molecule has 0 fully saturated rings. The van der Waals surface area contributed by atoms with Crippen molar-refractivity contribution < 1.29 is 0 Å². The first-order valence-electron chi connectivity index (χ1n) is 5.39. The Morgan fingerprint density at radius 1 is 1.12 bits per heavy atom. The summed E-state index contributed by atoms with van der Waals surface area (Å²) in [6.45, 7) is 8.59. The normalized spacial score (nSPS) is 13.2. The van der Waals surface area contributed by atoms with Crippen LogP contribution in [-0.2, 0) is 13.1 Å². The fourth-order valence-electron chi connectivity index (χ4n) is 2.03. The molecular weight excluding hydrogens is 212 g/mol. The van der Waals surface area contributed by atoms with Gasteiger partial charge in [0.15, 0.2) is 0 Å². The van der Waals surface area contributed by atoms with Crippen LogP contribution in [0.15, 0.2) is 36.5 Å². The topological polar surface area (TPSA) is 33.4 Å². The molecule has 0 bridgehead atoms. The summed E-state index contributed by atoms with van der Waals surface area (Å²) in [7, 11) is 0. The Hall–Kier alpha value is -2.41. The predicted molar refractivity (Wildman–Crippen MR) is 64.6 cm³/mol. The molecule has 82 valence electrons. The van der Waals surface area contributed by atoms with Gasteiger partial charge in [-0.3, -0.25) is 0 Å². The molecule has 4 heteroatoms. The summed E-state index contributed by atoms with van der Waals surface area (Å²) in [6.07, 6.45) is 1.64. The monoisotopic (exact) mass is 222 g/mol. The van der Waals surface area contributed by atoms with E-state index in [0.717, 1.165) is 13.1 Å². The van der Waals surface area contributed by atoms with Gasteiger partial charge in [-0.2, -0.15) is 0 Å². The van der Waals surface area contributed by atoms with Gasteiger partial charge in [-0.25, -0.2) is 4.98 Å². The van der Waals surface area contributed by atoms with E-state index in [4.69, 9.17) is 6.57 Å². The van der Waals surface area contributed by atoms with Crippen molar-refractivity contribution in [2.75, 3.05) is 4.90 Å². The first kappa shape index (κ1) is 9.79. The van der Waals surface area contributed by atoms with E-state index in [2.05, 4.69) is 31.8 Å². The molecule has 0 amide bonds. The van der Waals surface area contributed by atoms with E-state index in [1.807, 2.05) is 12.1 Å². The molecule has 4 nitrogen and oxygen atoms in total. The van der Waals surface area contributed by atoms with Gasteiger partial charge in [-0.05, 0) is 17.2 Å². The van der Waals surface area contributed by atoms with Crippen LogP contribution in [0.5, 0.6) is 0 Å². The molecule has 1 aromatic carbocycles. The lowest BCUT2D eigenvalue weighted by atomic mass is 10.1. The second-order valence-electron chi connectivity index (χ2n) is 3.95. The van der Waals surface area contributed by atoms with Crippen molar-refractivity contribution >= 4 is 11.8 Å². The van der Waals surface area contributed by atoms with Gasteiger partial charge in [-0.1, -0.05) is 35.8 Å². The van der Waals surface area contributed by atoms with Gasteiger partial charge in [0.25, 0.3) is 5.82 Å². The first-order valence-corrected chi connectivity index (χ1v) is 5.39. The van der Waals surface area contributed by atoms with Crippen LogP contribution < -0.4 is 4.90 Å². The summed E-state index contributed by atoms with van der Waals surface area (Å²) in [5, 5.41) is 0. The number of hydrogen-bond donors (Lipinski definition) is 0. The van der Waals surface area contributed by atoms with Crippen molar-refractivity contribution in [1.82, 2.24) is 9.97 Å². The third kappa shape index (κ3) is 1.72. The van der Waals surface area contributed by atoms with E-state index < -0.39 is 0 Å². The molecule has 0 spiro atoms. The number of rotatable bonds is 1. The molecule has 0 unspecified atom stereocenters. The highest BCUT2D eigenvalue weighted by Gasteiger charge is 2.22. The molecule has 2 aromatic rings. The number of aromatic nitrogens is 2. The number of hydrogen-bond acceptors (Lipinski definition) is 3. The van der Waals surface area contributed by atoms with Crippen molar-refractivity contribution in [3.8, 4) is 0 Å². The van der Waals surface area contributed by atoms with E-state index in [-0.39, 0.29) is 0 Å². The molecule has 0 saturated carbocycles. The van der Waals surface area contributed by atoms with Gasteiger partial charge in [0, 0.05) is 19.3 Å². The molecule has 0 radical (unpaired) electrons. The largest absolute Gasteiger partial charge is 0.360 e. The van der Waals surface area contributed by atoms with E-state index in [0.29, 0.717) is 11.8 Å². The predicted octanol–water partition coefficient (Wildman–Crippen LogP) is 2.55. The summed E-state index contributed by atoms with van der Waals surface area (Å²) in [5.74, 6) is 1.03. The summed E-state index contributed by atoms with van der Waals surface area (Å²) in [5.41, 5.74) is 2.62. The molecular formula is C13H10N4. The quantitative estimate of drug-likeness (QED) is 0.695. The van der Waals surface area contributed by atoms with Gasteiger partial charge >= 0.3 is 5.95 Å². The maximum Gasteiger partial charge on any atom is 0.322 e. The van der Waals surface area contributed by atoms with Gasteiger partial charge in [-0.15, -0.1) is 0 Å². The third-order valence-corrected chi connectivity index (χ3v) is 2.87. The Bertz CT molecular complexity index is 575. The van der Waals surface area contributed by atoms with Crippen molar-refractivity contribution in [2.24, 2.45) is 0 Å². The zero-order valence-corrected chi connectivity index (χ0v) is 9.17. The SMILES string of the molecule is [C-]#[N+]c1ccnc(N2Cc3ccccc3C2)n1. The minimum absolute atomic E-state index is 0.394. The second-order valence-corrected chi connectivity index (χ2v) is 3.95. The maximum atomic E-state index is 6.96. The van der Waals surface area contributed by atoms with Crippen LogP contribution in [-0.4, -0.2) is 9.97 Å². The highest BCUT2D eigenvalue weighted by atomic mass is 15.3. The second kappa shape index (κ2) is 3.87. The van der Waals surface area contributed by atoms with E-state index in [1.54, 1.807) is 12.3 Å². The van der Waals surface area contributed by atoms with E-state index >= 15 is 0 Å². The van der Waals surface area contributed by atoms with Crippen LogP contribution in [0.25, 0.3) is 4.85 Å². The van der Waals surface area contributed by atoms with Crippen molar-refractivity contribution in [3.05, 3.63) is 59.1 Å². The number of fused-ring (bicyclic) bond motifs is 1. The number of benzene rings is 1. The van der Waals surface area contributed by atoms with E-state index in [1.165, 1.54) is 11.1 Å². The zero-order chi connectivity index (χ0) is 11.7. The highest BCUT2D eigenvalue weighted by Crippen LogP contribution is 2.26. The molecule has 0 aliphatic carbocycles. The highest BCUT2D eigenvalue weighted by molar-refractivity contribution is 5.46. The van der Waals surface area contributed by atoms with E-state index in [9.17, 15) is 0 Å². The summed E-state index contributed by atoms with van der Waals surface area (Å²) >= 11 is 0. The smallest absolute Gasteiger partial charge is 0.322 e. The lowest BCUT2D eigenvalue weighted by molar-refractivity contribution is 0.830. The van der Waals surface area contributed by atoms with Gasteiger partial charge in [0.05, 0.1) is 0 Å². The Balaban J connectivity index is 1.92. The van der Waals surface area contributed by atoms with Crippen LogP contribution in [0.3, 0.4) is 0 Å². The Morgan fingerprint density at radius 3 is 2.47 bits per heavy atom. The van der Waals surface area contributed by atoms with Crippen LogP contribution in [0.4, 0.5) is 11.8 Å². The fourth-order valence-corrected chi connectivity index (χ4v) is 2.03. The lowest BCUT2D eigenvalue weighted by Gasteiger charge is -2.11. The van der Waals surface area contributed by atoms with Crippen molar-refractivity contribution in [3.63, 3.8) is 0 Å². The van der Waals surface area contributed by atoms with Crippen molar-refractivity contribution in [2.45, 2.75) is 13.1 Å². The number of anilines is 1. The molecule has 1 aliphatic heterocycles. The average Bonchev–Trinajstić information content (AvgIpc) is 2.82. The van der Waals surface area contributed by atoms with Crippen molar-refractivity contribution in [1.29, 1.82) is 0 Å². The van der Waals surface area contributed by atoms with Gasteiger partial charge in [0.2, 0.25) is 0 Å². The zero-order valence-electron chi connectivity index (χ0n) is 9.17. The molecule has 2 heterocycles. The van der Waals surface area contributed by atoms with Gasteiger partial charge < -0.3 is 9.74 Å². The lowest BCUT2D eigenvalue weighted by Crippen LogP contribution is -2.17. The fraction of sp³-hybridized carbons (Fsp3) is 0.154. The Labute approximate surface area is 99.4 Å². The maximum absolute atomic E-state index is 6.96. The molecule has 1 aromatic heterocycles. The number of nitrogens with zero attached hydrogens (tertiary/aromatic N) is 4. The minimum Gasteiger partial charge on any atom is -0.360 e. The molecule has 1 aliphatic rings. The molecule has 3 rings (SSSR count). The van der Waals surface area contributed by atoms with Gasteiger partial charge in [0.1, 0.15) is 0 Å². The molecule has 17 heavy (non-hydrogen) atoms. The van der Waals surface area contributed by atoms with Crippen LogP contribution in [0, 0.1) is 6.57 Å². The summed E-state index contributed by atoms with van der Waals surface area (Å²) in [6, 6.07) is 9.94. The average molecular weight is 222 g/mol. The first-order chi connectivity index (χ1) is 8.36. The Kier molecular flexibility index (Phi) is 2.23. The van der Waals surface area contributed by atoms with Crippen LogP contribution in [0.1, 0.15) is 11.1 Å². The summed E-state index contributed by atoms with van der Waals surface area (Å²) in [4.78, 5) is 13.8. The van der Waals surface area contributed by atoms with Crippen LogP contribution >= 0.6 is 0 Å². The molecule has 0 saturated heterocycles. The molecule has 0 N–H and O–H groups in total. The minimum atomic E-state index is 0.394. The standard InChI is InChI=1S/C13H10N4/c1-14-12-6-7-15-13(16-12)17-8-10-4-2-3-5-11(10)9-17/h2-7H,8-9H2. The summed E-state index contributed by atoms with van der Waals surface area (Å²) < 4.78 is 0.